The number of carboxylic acid groups (broad SMARTS) is 1. The van der Waals surface area contributed by atoms with Crippen molar-refractivity contribution in [3.8, 4) is 11.5 Å². The molecule has 24 heavy (non-hydrogen) atoms. The van der Waals surface area contributed by atoms with Crippen molar-refractivity contribution in [3.63, 3.8) is 0 Å². The Morgan fingerprint density at radius 3 is 2.67 bits per heavy atom. The predicted octanol–water partition coefficient (Wildman–Crippen LogP) is 3.98. The van der Waals surface area contributed by atoms with Crippen LogP contribution < -0.4 is 9.47 Å². The monoisotopic (exact) mass is 320 g/mol. The van der Waals surface area contributed by atoms with Gasteiger partial charge in [0, 0.05) is 0 Å². The number of benzene rings is 3. The Morgan fingerprint density at radius 1 is 1.00 bits per heavy atom. The lowest BCUT2D eigenvalue weighted by atomic mass is 9.89. The molecule has 4 nitrogen and oxygen atoms in total. The fourth-order valence-electron chi connectivity index (χ4n) is 3.17. The Bertz CT molecular complexity index is 911. The van der Waals surface area contributed by atoms with Crippen LogP contribution in [0.5, 0.6) is 11.5 Å². The number of carbonyl (C=O) groups is 1. The first-order valence-electron chi connectivity index (χ1n) is 7.81. The third-order valence-corrected chi connectivity index (χ3v) is 4.40. The van der Waals surface area contributed by atoms with Crippen LogP contribution >= 0.6 is 0 Å². The van der Waals surface area contributed by atoms with E-state index >= 15 is 0 Å². The van der Waals surface area contributed by atoms with Gasteiger partial charge in [0.2, 0.25) is 6.79 Å². The molecule has 0 saturated carbocycles. The second-order valence-electron chi connectivity index (χ2n) is 5.85. The molecule has 0 aromatic heterocycles. The molecule has 0 amide bonds. The van der Waals surface area contributed by atoms with E-state index < -0.39 is 11.9 Å². The van der Waals surface area contributed by atoms with Crippen LogP contribution in [0.2, 0.25) is 0 Å². The molecule has 1 unspecified atom stereocenters. The van der Waals surface area contributed by atoms with Crippen LogP contribution in [0, 0.1) is 0 Å². The number of carboxylic acids is 1. The zero-order valence-corrected chi connectivity index (χ0v) is 12.9. The molecule has 1 N–H and O–H groups in total. The molecular formula is C20H16O4. The van der Waals surface area contributed by atoms with Crippen LogP contribution in [0.3, 0.4) is 0 Å². The summed E-state index contributed by atoms with van der Waals surface area (Å²) in [6, 6.07) is 19.4. The van der Waals surface area contributed by atoms with Crippen LogP contribution in [0.1, 0.15) is 17.0 Å². The minimum absolute atomic E-state index is 0.180. The second-order valence-corrected chi connectivity index (χ2v) is 5.85. The molecular weight excluding hydrogens is 304 g/mol. The molecule has 120 valence electrons. The number of hydrogen-bond acceptors (Lipinski definition) is 3. The van der Waals surface area contributed by atoms with E-state index in [2.05, 4.69) is 0 Å². The van der Waals surface area contributed by atoms with Gasteiger partial charge in [-0.15, -0.1) is 0 Å². The minimum atomic E-state index is -0.846. The summed E-state index contributed by atoms with van der Waals surface area (Å²) < 4.78 is 10.7. The lowest BCUT2D eigenvalue weighted by Crippen LogP contribution is -2.14. The van der Waals surface area contributed by atoms with Gasteiger partial charge in [0.05, 0.1) is 5.92 Å². The molecule has 0 aliphatic carbocycles. The normalized spacial score (nSPS) is 13.8. The fourth-order valence-corrected chi connectivity index (χ4v) is 3.17. The summed E-state index contributed by atoms with van der Waals surface area (Å²) >= 11 is 0. The highest BCUT2D eigenvalue weighted by atomic mass is 16.7. The van der Waals surface area contributed by atoms with E-state index in [0.717, 1.165) is 21.9 Å². The number of hydrogen-bond donors (Lipinski definition) is 1. The predicted molar refractivity (Wildman–Crippen MR) is 90.6 cm³/mol. The molecule has 0 fully saturated rings. The molecule has 1 atom stereocenters. The summed E-state index contributed by atoms with van der Waals surface area (Å²) in [5, 5.41) is 11.9. The number of ether oxygens (including phenoxy) is 2. The quantitative estimate of drug-likeness (QED) is 0.790. The van der Waals surface area contributed by atoms with E-state index in [9.17, 15) is 9.90 Å². The summed E-state index contributed by atoms with van der Waals surface area (Å²) in [6.45, 7) is 0.180. The number of fused-ring (bicyclic) bond motifs is 2. The van der Waals surface area contributed by atoms with Crippen LogP contribution in [0.25, 0.3) is 10.8 Å². The Hall–Kier alpha value is -3.01. The van der Waals surface area contributed by atoms with E-state index in [1.807, 2.05) is 42.5 Å². The van der Waals surface area contributed by atoms with Crippen LogP contribution in [0.15, 0.2) is 60.7 Å². The van der Waals surface area contributed by atoms with Gasteiger partial charge in [0.25, 0.3) is 0 Å². The van der Waals surface area contributed by atoms with Gasteiger partial charge in [-0.1, -0.05) is 48.5 Å². The van der Waals surface area contributed by atoms with Gasteiger partial charge in [0.15, 0.2) is 11.5 Å². The average Bonchev–Trinajstić information content (AvgIpc) is 3.07. The fraction of sp³-hybridized carbons (Fsp3) is 0.150. The van der Waals surface area contributed by atoms with Gasteiger partial charge in [-0.05, 0) is 40.5 Å². The minimum Gasteiger partial charge on any atom is -0.481 e. The highest BCUT2D eigenvalue weighted by molar-refractivity contribution is 5.87. The maximum Gasteiger partial charge on any atom is 0.311 e. The van der Waals surface area contributed by atoms with Gasteiger partial charge >= 0.3 is 5.97 Å². The smallest absolute Gasteiger partial charge is 0.311 e. The van der Waals surface area contributed by atoms with Gasteiger partial charge in [0.1, 0.15) is 0 Å². The van der Waals surface area contributed by atoms with Gasteiger partial charge in [-0.3, -0.25) is 4.79 Å². The van der Waals surface area contributed by atoms with Gasteiger partial charge in [-0.2, -0.15) is 0 Å². The SMILES string of the molecule is O=C(O)C(Cc1cccc2ccccc12)c1ccc2c(c1)OCO2. The van der Waals surface area contributed by atoms with E-state index in [0.29, 0.717) is 17.9 Å². The lowest BCUT2D eigenvalue weighted by molar-refractivity contribution is -0.138. The average molecular weight is 320 g/mol. The Kier molecular flexibility index (Phi) is 3.58. The van der Waals surface area contributed by atoms with Crippen molar-refractivity contribution >= 4 is 16.7 Å². The Balaban J connectivity index is 1.72. The molecule has 0 spiro atoms. The van der Waals surface area contributed by atoms with Gasteiger partial charge in [-0.25, -0.2) is 0 Å². The summed E-state index contributed by atoms with van der Waals surface area (Å²) in [5.74, 6) is -0.211. The van der Waals surface area contributed by atoms with Crippen LogP contribution in [-0.4, -0.2) is 17.9 Å². The van der Waals surface area contributed by atoms with Crippen molar-refractivity contribution in [2.45, 2.75) is 12.3 Å². The lowest BCUT2D eigenvalue weighted by Gasteiger charge is -2.15. The molecule has 1 aliphatic heterocycles. The van der Waals surface area contributed by atoms with Crippen molar-refractivity contribution < 1.29 is 19.4 Å². The summed E-state index contributed by atoms with van der Waals surface area (Å²) in [4.78, 5) is 11.9. The highest BCUT2D eigenvalue weighted by Gasteiger charge is 2.24. The highest BCUT2D eigenvalue weighted by Crippen LogP contribution is 2.36. The number of aliphatic carboxylic acids is 1. The summed E-state index contributed by atoms with van der Waals surface area (Å²) in [7, 11) is 0. The third-order valence-electron chi connectivity index (χ3n) is 4.40. The van der Waals surface area contributed by atoms with E-state index in [1.54, 1.807) is 18.2 Å². The Labute approximate surface area is 139 Å². The van der Waals surface area contributed by atoms with E-state index in [4.69, 9.17) is 9.47 Å². The van der Waals surface area contributed by atoms with Crippen molar-refractivity contribution in [2.75, 3.05) is 6.79 Å². The molecule has 0 saturated heterocycles. The second kappa shape index (κ2) is 5.89. The topological polar surface area (TPSA) is 55.8 Å². The molecule has 1 aliphatic rings. The first-order valence-corrected chi connectivity index (χ1v) is 7.81. The van der Waals surface area contributed by atoms with Crippen molar-refractivity contribution in [3.05, 3.63) is 71.8 Å². The van der Waals surface area contributed by atoms with Crippen LogP contribution in [-0.2, 0) is 11.2 Å². The molecule has 0 radical (unpaired) electrons. The first-order chi connectivity index (χ1) is 11.7. The van der Waals surface area contributed by atoms with Crippen molar-refractivity contribution in [1.29, 1.82) is 0 Å². The maximum absolute atomic E-state index is 11.9. The number of rotatable bonds is 4. The zero-order valence-electron chi connectivity index (χ0n) is 12.9. The standard InChI is InChI=1S/C20H16O4/c21-20(22)17(15-8-9-18-19(11-15)24-12-23-18)10-14-6-3-5-13-4-1-2-7-16(13)14/h1-9,11,17H,10,12H2,(H,21,22). The molecule has 0 bridgehead atoms. The van der Waals surface area contributed by atoms with E-state index in [-0.39, 0.29) is 6.79 Å². The molecule has 1 heterocycles. The van der Waals surface area contributed by atoms with E-state index in [1.165, 1.54) is 0 Å². The molecule has 3 aromatic rings. The summed E-state index contributed by atoms with van der Waals surface area (Å²) in [6.07, 6.45) is 0.427. The van der Waals surface area contributed by atoms with Crippen LogP contribution in [0.4, 0.5) is 0 Å². The van der Waals surface area contributed by atoms with Gasteiger partial charge < -0.3 is 14.6 Å². The Morgan fingerprint density at radius 2 is 1.79 bits per heavy atom. The molecule has 4 heteroatoms. The van der Waals surface area contributed by atoms with Crippen molar-refractivity contribution in [2.24, 2.45) is 0 Å². The first kappa shape index (κ1) is 14.6. The largest absolute Gasteiger partial charge is 0.481 e. The molecule has 3 aromatic carbocycles. The zero-order chi connectivity index (χ0) is 16.5. The summed E-state index contributed by atoms with van der Waals surface area (Å²) in [5.41, 5.74) is 1.75. The van der Waals surface area contributed by atoms with Crippen molar-refractivity contribution in [1.82, 2.24) is 0 Å². The third kappa shape index (κ3) is 2.56. The maximum atomic E-state index is 11.9. The molecule has 4 rings (SSSR count).